The van der Waals surface area contributed by atoms with Gasteiger partial charge >= 0.3 is 0 Å². The number of phenolic OH excluding ortho intramolecular Hbond substituents is 1. The molecule has 7 heteroatoms. The van der Waals surface area contributed by atoms with Gasteiger partial charge < -0.3 is 14.6 Å². The van der Waals surface area contributed by atoms with Crippen LogP contribution in [0.3, 0.4) is 0 Å². The van der Waals surface area contributed by atoms with Gasteiger partial charge in [-0.3, -0.25) is 4.79 Å². The van der Waals surface area contributed by atoms with Gasteiger partial charge in [0.2, 0.25) is 5.75 Å². The van der Waals surface area contributed by atoms with Crippen LogP contribution in [-0.4, -0.2) is 31.4 Å². The lowest BCUT2D eigenvalue weighted by molar-refractivity contribution is 0.0955. The Labute approximate surface area is 138 Å². The van der Waals surface area contributed by atoms with E-state index in [0.717, 1.165) is 0 Å². The van der Waals surface area contributed by atoms with Crippen molar-refractivity contribution < 1.29 is 19.4 Å². The van der Waals surface area contributed by atoms with Crippen LogP contribution < -0.4 is 14.9 Å². The summed E-state index contributed by atoms with van der Waals surface area (Å²) in [6.07, 6.45) is 1.41. The molecule has 0 atom stereocenters. The number of hydrogen-bond donors (Lipinski definition) is 2. The number of benzene rings is 2. The van der Waals surface area contributed by atoms with Crippen LogP contribution in [0, 0.1) is 0 Å². The van der Waals surface area contributed by atoms with E-state index in [0.29, 0.717) is 16.1 Å². The normalized spacial score (nSPS) is 10.6. The number of carbonyl (C=O) groups excluding carboxylic acids is 1. The Balaban J connectivity index is 2.13. The highest BCUT2D eigenvalue weighted by Crippen LogP contribution is 2.36. The van der Waals surface area contributed by atoms with Crippen molar-refractivity contribution in [2.24, 2.45) is 5.10 Å². The maximum Gasteiger partial charge on any atom is 0.271 e. The number of aromatic hydroxyl groups is 1. The summed E-state index contributed by atoms with van der Waals surface area (Å²) >= 11 is 5.83. The second kappa shape index (κ2) is 7.51. The molecule has 0 fully saturated rings. The Hall–Kier alpha value is -2.73. The highest BCUT2D eigenvalue weighted by molar-refractivity contribution is 6.30. The number of carbonyl (C=O) groups is 1. The third kappa shape index (κ3) is 4.14. The van der Waals surface area contributed by atoms with E-state index in [1.807, 2.05) is 0 Å². The van der Waals surface area contributed by atoms with Gasteiger partial charge in [0.05, 0.1) is 20.4 Å². The van der Waals surface area contributed by atoms with Crippen LogP contribution in [0.15, 0.2) is 41.5 Å². The number of ether oxygens (including phenoxy) is 2. The lowest BCUT2D eigenvalue weighted by Gasteiger charge is -2.09. The first-order chi connectivity index (χ1) is 11.0. The molecule has 0 aliphatic carbocycles. The van der Waals surface area contributed by atoms with Crippen molar-refractivity contribution in [3.63, 3.8) is 0 Å². The number of halogens is 1. The van der Waals surface area contributed by atoms with Crippen molar-refractivity contribution in [1.29, 1.82) is 0 Å². The summed E-state index contributed by atoms with van der Waals surface area (Å²) in [6, 6.07) is 9.65. The molecule has 2 aromatic carbocycles. The fraction of sp³-hybridized carbons (Fsp3) is 0.125. The van der Waals surface area contributed by atoms with Crippen molar-refractivity contribution in [2.75, 3.05) is 14.2 Å². The van der Waals surface area contributed by atoms with Crippen LogP contribution in [0.2, 0.25) is 5.02 Å². The first-order valence-corrected chi connectivity index (χ1v) is 6.97. The number of nitrogens with one attached hydrogen (secondary N) is 1. The van der Waals surface area contributed by atoms with E-state index < -0.39 is 0 Å². The lowest BCUT2D eigenvalue weighted by atomic mass is 10.2. The second-order valence-corrected chi connectivity index (χ2v) is 4.92. The van der Waals surface area contributed by atoms with E-state index in [1.54, 1.807) is 36.4 Å². The summed E-state index contributed by atoms with van der Waals surface area (Å²) in [7, 11) is 2.85. The Morgan fingerprint density at radius 3 is 2.43 bits per heavy atom. The standard InChI is InChI=1S/C16H15ClN2O4/c1-22-13-6-10(7-14(23-2)15(13)20)9-18-19-16(21)11-4-3-5-12(17)8-11/h3-9,20H,1-2H3,(H,19,21)/b18-9-. The van der Waals surface area contributed by atoms with Gasteiger partial charge in [-0.25, -0.2) is 5.43 Å². The third-order valence-corrected chi connectivity index (χ3v) is 3.20. The van der Waals surface area contributed by atoms with E-state index in [4.69, 9.17) is 21.1 Å². The molecule has 0 aromatic heterocycles. The summed E-state index contributed by atoms with van der Waals surface area (Å²) < 4.78 is 10.1. The van der Waals surface area contributed by atoms with Crippen LogP contribution in [0.1, 0.15) is 15.9 Å². The minimum absolute atomic E-state index is 0.102. The molecule has 6 nitrogen and oxygen atoms in total. The van der Waals surface area contributed by atoms with E-state index >= 15 is 0 Å². The molecule has 1 amide bonds. The number of amides is 1. The van der Waals surface area contributed by atoms with E-state index in [1.165, 1.54) is 20.4 Å². The van der Waals surface area contributed by atoms with Crippen molar-refractivity contribution >= 4 is 23.7 Å². The third-order valence-electron chi connectivity index (χ3n) is 2.97. The Kier molecular flexibility index (Phi) is 5.43. The number of phenols is 1. The molecule has 120 valence electrons. The molecular weight excluding hydrogens is 320 g/mol. The van der Waals surface area contributed by atoms with E-state index in [-0.39, 0.29) is 23.2 Å². The fourth-order valence-corrected chi connectivity index (χ4v) is 2.04. The number of methoxy groups -OCH3 is 2. The van der Waals surface area contributed by atoms with E-state index in [9.17, 15) is 9.90 Å². The molecule has 0 radical (unpaired) electrons. The Morgan fingerprint density at radius 2 is 1.87 bits per heavy atom. The zero-order chi connectivity index (χ0) is 16.8. The molecular formula is C16H15ClN2O4. The number of rotatable bonds is 5. The van der Waals surface area contributed by atoms with Crippen molar-refractivity contribution in [2.45, 2.75) is 0 Å². The quantitative estimate of drug-likeness (QED) is 0.651. The molecule has 0 saturated carbocycles. The monoisotopic (exact) mass is 334 g/mol. The Morgan fingerprint density at radius 1 is 1.22 bits per heavy atom. The highest BCUT2D eigenvalue weighted by atomic mass is 35.5. The van der Waals surface area contributed by atoms with Crippen LogP contribution in [0.5, 0.6) is 17.2 Å². The summed E-state index contributed by atoms with van der Waals surface area (Å²) in [5.41, 5.74) is 3.38. The second-order valence-electron chi connectivity index (χ2n) is 4.48. The minimum atomic E-state index is -0.388. The molecule has 0 spiro atoms. The molecule has 0 saturated heterocycles. The lowest BCUT2D eigenvalue weighted by Crippen LogP contribution is -2.17. The van der Waals surface area contributed by atoms with Crippen LogP contribution in [0.4, 0.5) is 0 Å². The highest BCUT2D eigenvalue weighted by Gasteiger charge is 2.10. The zero-order valence-corrected chi connectivity index (χ0v) is 13.3. The minimum Gasteiger partial charge on any atom is -0.502 e. The number of hydrogen-bond acceptors (Lipinski definition) is 5. The SMILES string of the molecule is COc1cc(/C=N\NC(=O)c2cccc(Cl)c2)cc(OC)c1O. The molecule has 0 bridgehead atoms. The predicted molar refractivity (Wildman–Crippen MR) is 87.7 cm³/mol. The number of nitrogens with zero attached hydrogens (tertiary/aromatic N) is 1. The summed E-state index contributed by atoms with van der Waals surface area (Å²) in [5, 5.41) is 14.2. The maximum absolute atomic E-state index is 11.9. The first-order valence-electron chi connectivity index (χ1n) is 6.59. The van der Waals surface area contributed by atoms with Gasteiger partial charge in [-0.05, 0) is 30.3 Å². The van der Waals surface area contributed by atoms with Gasteiger partial charge in [0.1, 0.15) is 0 Å². The summed E-state index contributed by atoms with van der Waals surface area (Å²) in [4.78, 5) is 11.9. The van der Waals surface area contributed by atoms with Crippen molar-refractivity contribution in [1.82, 2.24) is 5.43 Å². The largest absolute Gasteiger partial charge is 0.502 e. The molecule has 0 aliphatic heterocycles. The smallest absolute Gasteiger partial charge is 0.271 e. The molecule has 0 aliphatic rings. The van der Waals surface area contributed by atoms with Crippen LogP contribution >= 0.6 is 11.6 Å². The zero-order valence-electron chi connectivity index (χ0n) is 12.5. The van der Waals surface area contributed by atoms with Crippen LogP contribution in [-0.2, 0) is 0 Å². The fourth-order valence-electron chi connectivity index (χ4n) is 1.85. The molecule has 0 heterocycles. The average Bonchev–Trinajstić information content (AvgIpc) is 2.55. The topological polar surface area (TPSA) is 80.2 Å². The van der Waals surface area contributed by atoms with Crippen molar-refractivity contribution in [3.8, 4) is 17.2 Å². The molecule has 2 aromatic rings. The Bertz CT molecular complexity index is 722. The van der Waals surface area contributed by atoms with Crippen molar-refractivity contribution in [3.05, 3.63) is 52.5 Å². The van der Waals surface area contributed by atoms with Gasteiger partial charge in [-0.2, -0.15) is 5.10 Å². The number of hydrazone groups is 1. The van der Waals surface area contributed by atoms with Crippen LogP contribution in [0.25, 0.3) is 0 Å². The average molecular weight is 335 g/mol. The van der Waals surface area contributed by atoms with E-state index in [2.05, 4.69) is 10.5 Å². The molecule has 0 unspecified atom stereocenters. The van der Waals surface area contributed by atoms with Gasteiger partial charge in [0.25, 0.3) is 5.91 Å². The summed E-state index contributed by atoms with van der Waals surface area (Å²) in [6.45, 7) is 0. The molecule has 23 heavy (non-hydrogen) atoms. The molecule has 2 N–H and O–H groups in total. The van der Waals surface area contributed by atoms with Gasteiger partial charge in [0.15, 0.2) is 11.5 Å². The van der Waals surface area contributed by atoms with Gasteiger partial charge in [-0.15, -0.1) is 0 Å². The maximum atomic E-state index is 11.9. The molecule has 2 rings (SSSR count). The van der Waals surface area contributed by atoms with Gasteiger partial charge in [-0.1, -0.05) is 17.7 Å². The summed E-state index contributed by atoms with van der Waals surface area (Å²) in [5.74, 6) is -0.00416. The predicted octanol–water partition coefficient (Wildman–Crippen LogP) is 2.83. The first kappa shape index (κ1) is 16.6. The van der Waals surface area contributed by atoms with Gasteiger partial charge in [0, 0.05) is 16.1 Å².